The number of likely N-dealkylation sites (N-methyl/N-ethyl adjacent to an activating group) is 1. The molecule has 0 heterocycles. The minimum Gasteiger partial charge on any atom is -0.399 e. The molecule has 0 aromatic heterocycles. The lowest BCUT2D eigenvalue weighted by atomic mass is 10.1. The van der Waals surface area contributed by atoms with Gasteiger partial charge < -0.3 is 15.4 Å². The van der Waals surface area contributed by atoms with Crippen molar-refractivity contribution in [3.63, 3.8) is 0 Å². The molecule has 5 heteroatoms. The number of carbonyl (C=O) groups excluding carboxylic acids is 1. The first-order valence-electron chi connectivity index (χ1n) is 5.86. The Kier molecular flexibility index (Phi) is 5.44. The minimum atomic E-state index is -0.126. The monoisotopic (exact) mass is 270 g/mol. The van der Waals surface area contributed by atoms with Crippen LogP contribution in [0.2, 0.25) is 5.02 Å². The van der Waals surface area contributed by atoms with Gasteiger partial charge in [-0.1, -0.05) is 11.6 Å². The zero-order valence-electron chi connectivity index (χ0n) is 10.9. The van der Waals surface area contributed by atoms with Crippen LogP contribution in [0.5, 0.6) is 0 Å². The molecule has 0 bridgehead atoms. The van der Waals surface area contributed by atoms with Gasteiger partial charge in [0.05, 0.1) is 23.2 Å². The molecule has 0 aliphatic heterocycles. The van der Waals surface area contributed by atoms with E-state index in [2.05, 4.69) is 0 Å². The van der Waals surface area contributed by atoms with Crippen molar-refractivity contribution in [2.75, 3.05) is 26.0 Å². The summed E-state index contributed by atoms with van der Waals surface area (Å²) in [4.78, 5) is 14.1. The average molecular weight is 271 g/mol. The first-order valence-corrected chi connectivity index (χ1v) is 6.24. The Balaban J connectivity index is 2.99. The number of hydrogen-bond donors (Lipinski definition) is 1. The van der Waals surface area contributed by atoms with Crippen LogP contribution in [-0.4, -0.2) is 37.1 Å². The normalized spacial score (nSPS) is 12.2. The van der Waals surface area contributed by atoms with E-state index in [0.717, 1.165) is 0 Å². The maximum Gasteiger partial charge on any atom is 0.255 e. The van der Waals surface area contributed by atoms with E-state index in [4.69, 9.17) is 22.1 Å². The second-order valence-electron chi connectivity index (χ2n) is 4.13. The van der Waals surface area contributed by atoms with Crippen molar-refractivity contribution < 1.29 is 9.53 Å². The summed E-state index contributed by atoms with van der Waals surface area (Å²) in [6.45, 7) is 4.93. The molecular formula is C13H19ClN2O2. The highest BCUT2D eigenvalue weighted by Crippen LogP contribution is 2.21. The summed E-state index contributed by atoms with van der Waals surface area (Å²) in [5, 5.41) is 0.414. The number of ether oxygens (including phenoxy) is 1. The van der Waals surface area contributed by atoms with E-state index in [-0.39, 0.29) is 11.9 Å². The van der Waals surface area contributed by atoms with E-state index >= 15 is 0 Å². The Hall–Kier alpha value is -1.26. The van der Waals surface area contributed by atoms with Crippen LogP contribution in [0, 0.1) is 0 Å². The lowest BCUT2D eigenvalue weighted by Crippen LogP contribution is -2.41. The Labute approximate surface area is 113 Å². The summed E-state index contributed by atoms with van der Waals surface area (Å²) in [6.07, 6.45) is 0. The topological polar surface area (TPSA) is 55.6 Å². The maximum absolute atomic E-state index is 12.4. The zero-order chi connectivity index (χ0) is 13.7. The molecule has 1 atom stereocenters. The molecule has 0 spiro atoms. The number of halogens is 1. The van der Waals surface area contributed by atoms with E-state index in [0.29, 0.717) is 29.4 Å². The van der Waals surface area contributed by atoms with E-state index in [1.807, 2.05) is 13.8 Å². The van der Waals surface area contributed by atoms with Crippen LogP contribution in [0.1, 0.15) is 24.2 Å². The lowest BCUT2D eigenvalue weighted by molar-refractivity contribution is 0.0579. The number of methoxy groups -OCH3 is 1. The molecule has 0 aliphatic rings. The number of rotatable bonds is 5. The largest absolute Gasteiger partial charge is 0.399 e. The summed E-state index contributed by atoms with van der Waals surface area (Å²) in [6, 6.07) is 4.91. The molecule has 2 N–H and O–H groups in total. The third kappa shape index (κ3) is 3.37. The van der Waals surface area contributed by atoms with Gasteiger partial charge in [0.1, 0.15) is 0 Å². The Morgan fingerprint density at radius 3 is 2.78 bits per heavy atom. The van der Waals surface area contributed by atoms with Crippen molar-refractivity contribution in [1.82, 2.24) is 4.90 Å². The highest BCUT2D eigenvalue weighted by Gasteiger charge is 2.21. The fourth-order valence-corrected chi connectivity index (χ4v) is 2.05. The van der Waals surface area contributed by atoms with Crippen molar-refractivity contribution >= 4 is 23.2 Å². The number of nitrogen functional groups attached to an aromatic ring is 1. The molecule has 18 heavy (non-hydrogen) atoms. The van der Waals surface area contributed by atoms with Crippen molar-refractivity contribution in [3.05, 3.63) is 28.8 Å². The van der Waals surface area contributed by atoms with Crippen LogP contribution >= 0.6 is 11.6 Å². The van der Waals surface area contributed by atoms with Gasteiger partial charge in [-0.05, 0) is 32.0 Å². The number of amides is 1. The number of benzene rings is 1. The standard InChI is InChI=1S/C13H19ClN2O2/c1-4-16(9(2)8-18-3)13(17)11-7-10(15)5-6-12(11)14/h5-7,9H,4,8,15H2,1-3H3. The number of anilines is 1. The third-order valence-electron chi connectivity index (χ3n) is 2.76. The van der Waals surface area contributed by atoms with E-state index < -0.39 is 0 Å². The van der Waals surface area contributed by atoms with Gasteiger partial charge in [-0.15, -0.1) is 0 Å². The van der Waals surface area contributed by atoms with Gasteiger partial charge in [0, 0.05) is 19.3 Å². The third-order valence-corrected chi connectivity index (χ3v) is 3.09. The molecule has 100 valence electrons. The van der Waals surface area contributed by atoms with Crippen molar-refractivity contribution in [2.45, 2.75) is 19.9 Å². The van der Waals surface area contributed by atoms with Gasteiger partial charge in [0.15, 0.2) is 0 Å². The van der Waals surface area contributed by atoms with Crippen LogP contribution in [0.4, 0.5) is 5.69 Å². The Morgan fingerprint density at radius 1 is 1.56 bits per heavy atom. The van der Waals surface area contributed by atoms with E-state index in [1.54, 1.807) is 30.2 Å². The van der Waals surface area contributed by atoms with E-state index in [9.17, 15) is 4.79 Å². The Morgan fingerprint density at radius 2 is 2.22 bits per heavy atom. The molecule has 0 saturated carbocycles. The Bertz CT molecular complexity index is 423. The first kappa shape index (κ1) is 14.8. The van der Waals surface area contributed by atoms with Gasteiger partial charge in [0.25, 0.3) is 5.91 Å². The maximum atomic E-state index is 12.4. The molecule has 1 aromatic rings. The fourth-order valence-electron chi connectivity index (χ4n) is 1.85. The molecule has 1 aromatic carbocycles. The predicted octanol–water partition coefficient (Wildman–Crippen LogP) is 2.42. The van der Waals surface area contributed by atoms with Crippen LogP contribution in [0.25, 0.3) is 0 Å². The summed E-state index contributed by atoms with van der Waals surface area (Å²) < 4.78 is 5.07. The number of nitrogens with zero attached hydrogens (tertiary/aromatic N) is 1. The highest BCUT2D eigenvalue weighted by atomic mass is 35.5. The molecule has 0 aliphatic carbocycles. The SMILES string of the molecule is CCN(C(=O)c1cc(N)ccc1Cl)C(C)COC. The number of nitrogens with two attached hydrogens (primary N) is 1. The molecule has 1 rings (SSSR count). The molecular weight excluding hydrogens is 252 g/mol. The highest BCUT2D eigenvalue weighted by molar-refractivity contribution is 6.34. The quantitative estimate of drug-likeness (QED) is 0.836. The average Bonchev–Trinajstić information content (AvgIpc) is 2.33. The van der Waals surface area contributed by atoms with Crippen molar-refractivity contribution in [3.8, 4) is 0 Å². The molecule has 0 fully saturated rings. The molecule has 1 amide bonds. The van der Waals surface area contributed by atoms with Crippen molar-refractivity contribution in [2.24, 2.45) is 0 Å². The number of hydrogen-bond acceptors (Lipinski definition) is 3. The van der Waals surface area contributed by atoms with E-state index in [1.165, 1.54) is 0 Å². The van der Waals surface area contributed by atoms with Crippen molar-refractivity contribution in [1.29, 1.82) is 0 Å². The van der Waals surface area contributed by atoms with Crippen LogP contribution in [0.3, 0.4) is 0 Å². The van der Waals surface area contributed by atoms with Gasteiger partial charge in [-0.3, -0.25) is 4.79 Å². The molecule has 1 unspecified atom stereocenters. The van der Waals surface area contributed by atoms with Crippen LogP contribution < -0.4 is 5.73 Å². The molecule has 0 saturated heterocycles. The van der Waals surface area contributed by atoms with Gasteiger partial charge >= 0.3 is 0 Å². The fraction of sp³-hybridized carbons (Fsp3) is 0.462. The zero-order valence-corrected chi connectivity index (χ0v) is 11.7. The van der Waals surface area contributed by atoms with Gasteiger partial charge in [0.2, 0.25) is 0 Å². The minimum absolute atomic E-state index is 0.00926. The summed E-state index contributed by atoms with van der Waals surface area (Å²) in [5.41, 5.74) is 6.65. The summed E-state index contributed by atoms with van der Waals surface area (Å²) in [7, 11) is 1.61. The number of carbonyl (C=O) groups is 1. The summed E-state index contributed by atoms with van der Waals surface area (Å²) in [5.74, 6) is -0.126. The second kappa shape index (κ2) is 6.61. The summed E-state index contributed by atoms with van der Waals surface area (Å²) >= 11 is 6.04. The van der Waals surface area contributed by atoms with Crippen LogP contribution in [0.15, 0.2) is 18.2 Å². The first-order chi connectivity index (χ1) is 8.51. The molecule has 0 radical (unpaired) electrons. The predicted molar refractivity (Wildman–Crippen MR) is 73.9 cm³/mol. The smallest absolute Gasteiger partial charge is 0.255 e. The van der Waals surface area contributed by atoms with Crippen LogP contribution in [-0.2, 0) is 4.74 Å². The molecule has 4 nitrogen and oxygen atoms in total. The van der Waals surface area contributed by atoms with Gasteiger partial charge in [-0.2, -0.15) is 0 Å². The lowest BCUT2D eigenvalue weighted by Gasteiger charge is -2.28. The van der Waals surface area contributed by atoms with Gasteiger partial charge in [-0.25, -0.2) is 0 Å². The second-order valence-corrected chi connectivity index (χ2v) is 4.54.